The molecule has 0 aromatic heterocycles. The second-order valence-corrected chi connectivity index (χ2v) is 4.90. The first-order valence-corrected chi connectivity index (χ1v) is 5.83. The summed E-state index contributed by atoms with van der Waals surface area (Å²) in [4.78, 5) is 11.8. The summed E-state index contributed by atoms with van der Waals surface area (Å²) in [6, 6.07) is 2.40. The number of nitro groups is 1. The summed E-state index contributed by atoms with van der Waals surface area (Å²) in [5.74, 6) is -0.726. The molecular weight excluding hydrogens is 255 g/mol. The fraction of sp³-hybridized carbons (Fsp3) is 0.500. The molecule has 7 heteroatoms. The van der Waals surface area contributed by atoms with Crippen LogP contribution in [0, 0.1) is 15.9 Å². The number of nitrogens with zero attached hydrogens (tertiary/aromatic N) is 2. The number of anilines is 1. The van der Waals surface area contributed by atoms with Crippen LogP contribution in [0.25, 0.3) is 0 Å². The lowest BCUT2D eigenvalue weighted by Crippen LogP contribution is -2.30. The van der Waals surface area contributed by atoms with Crippen molar-refractivity contribution in [2.45, 2.75) is 18.9 Å². The molecule has 1 atom stereocenters. The van der Waals surface area contributed by atoms with E-state index in [2.05, 4.69) is 0 Å². The van der Waals surface area contributed by atoms with E-state index in [-0.39, 0.29) is 18.0 Å². The van der Waals surface area contributed by atoms with Crippen molar-refractivity contribution >= 4 is 11.4 Å². The molecule has 0 bridgehead atoms. The molecule has 0 spiro atoms. The third-order valence-electron chi connectivity index (χ3n) is 3.23. The van der Waals surface area contributed by atoms with E-state index in [0.717, 1.165) is 6.07 Å². The lowest BCUT2D eigenvalue weighted by molar-refractivity contribution is -0.386. The summed E-state index contributed by atoms with van der Waals surface area (Å²) in [6.45, 7) is 2.30. The first-order valence-electron chi connectivity index (χ1n) is 5.83. The Balaban J connectivity index is 2.48. The zero-order valence-corrected chi connectivity index (χ0v) is 10.7. The summed E-state index contributed by atoms with van der Waals surface area (Å²) in [6.07, 6.45) is 0.475. The highest BCUT2D eigenvalue weighted by atomic mass is 19.1. The Bertz CT molecular complexity index is 519. The number of halogens is 1. The predicted molar refractivity (Wildman–Crippen MR) is 67.1 cm³/mol. The Labute approximate surface area is 109 Å². The molecule has 0 aliphatic carbocycles. The number of hydrogen-bond donors (Lipinski definition) is 1. The normalized spacial score (nSPS) is 22.6. The Morgan fingerprint density at radius 2 is 2.26 bits per heavy atom. The first-order chi connectivity index (χ1) is 8.84. The standard InChI is InChI=1S/C12H15FN2O4/c1-12(16)3-4-14(7-12)10-6-8(19-2)5-9(13)11(10)15(17)18/h5-6,16H,3-4,7H2,1-2H3. The maximum absolute atomic E-state index is 13.8. The largest absolute Gasteiger partial charge is 0.497 e. The quantitative estimate of drug-likeness (QED) is 0.668. The lowest BCUT2D eigenvalue weighted by atomic mass is 10.1. The summed E-state index contributed by atoms with van der Waals surface area (Å²) in [7, 11) is 1.37. The van der Waals surface area contributed by atoms with Crippen LogP contribution in [0.2, 0.25) is 0 Å². The Hall–Kier alpha value is -1.89. The van der Waals surface area contributed by atoms with E-state index in [0.29, 0.717) is 13.0 Å². The fourth-order valence-corrected chi connectivity index (χ4v) is 2.25. The van der Waals surface area contributed by atoms with Gasteiger partial charge >= 0.3 is 5.69 Å². The van der Waals surface area contributed by atoms with Crippen molar-refractivity contribution in [3.8, 4) is 5.75 Å². The number of ether oxygens (including phenoxy) is 1. The van der Waals surface area contributed by atoms with E-state index in [1.54, 1.807) is 11.8 Å². The lowest BCUT2D eigenvalue weighted by Gasteiger charge is -2.21. The molecule has 1 saturated heterocycles. The van der Waals surface area contributed by atoms with Gasteiger partial charge in [-0.2, -0.15) is 4.39 Å². The number of hydrogen-bond acceptors (Lipinski definition) is 5. The van der Waals surface area contributed by atoms with Gasteiger partial charge in [-0.1, -0.05) is 0 Å². The minimum Gasteiger partial charge on any atom is -0.497 e. The molecule has 1 aromatic rings. The van der Waals surface area contributed by atoms with Gasteiger partial charge in [-0.25, -0.2) is 0 Å². The smallest absolute Gasteiger partial charge is 0.328 e. The molecule has 1 unspecified atom stereocenters. The third-order valence-corrected chi connectivity index (χ3v) is 3.23. The number of β-amino-alcohol motifs (C(OH)–C–C–N with tert-alkyl or cyclic N) is 1. The predicted octanol–water partition coefficient (Wildman–Crippen LogP) is 1.70. The number of nitro benzene ring substituents is 1. The highest BCUT2D eigenvalue weighted by Gasteiger charge is 2.36. The van der Waals surface area contributed by atoms with Gasteiger partial charge in [0.1, 0.15) is 11.4 Å². The maximum Gasteiger partial charge on any atom is 0.328 e. The van der Waals surface area contributed by atoms with Crippen LogP contribution in [0.5, 0.6) is 5.75 Å². The van der Waals surface area contributed by atoms with Crippen molar-refractivity contribution in [3.63, 3.8) is 0 Å². The molecule has 1 heterocycles. The van der Waals surface area contributed by atoms with Gasteiger partial charge in [0.05, 0.1) is 17.6 Å². The van der Waals surface area contributed by atoms with Crippen LogP contribution in [-0.4, -0.2) is 35.8 Å². The van der Waals surface area contributed by atoms with E-state index in [1.165, 1.54) is 13.2 Å². The van der Waals surface area contributed by atoms with Gasteiger partial charge in [0, 0.05) is 25.2 Å². The van der Waals surface area contributed by atoms with Gasteiger partial charge in [0.25, 0.3) is 0 Å². The molecule has 1 aromatic carbocycles. The molecule has 0 amide bonds. The van der Waals surface area contributed by atoms with E-state index < -0.39 is 22.0 Å². The summed E-state index contributed by atoms with van der Waals surface area (Å²) < 4.78 is 18.7. The van der Waals surface area contributed by atoms with E-state index in [4.69, 9.17) is 4.74 Å². The van der Waals surface area contributed by atoms with Gasteiger partial charge in [0.15, 0.2) is 0 Å². The zero-order chi connectivity index (χ0) is 14.2. The fourth-order valence-electron chi connectivity index (χ4n) is 2.25. The van der Waals surface area contributed by atoms with Gasteiger partial charge in [-0.05, 0) is 13.3 Å². The van der Waals surface area contributed by atoms with E-state index >= 15 is 0 Å². The average Bonchev–Trinajstić information content (AvgIpc) is 2.67. The van der Waals surface area contributed by atoms with Crippen LogP contribution < -0.4 is 9.64 Å². The molecule has 0 radical (unpaired) electrons. The number of benzene rings is 1. The minimum atomic E-state index is -0.939. The monoisotopic (exact) mass is 270 g/mol. The number of aliphatic hydroxyl groups is 1. The maximum atomic E-state index is 13.8. The van der Waals surface area contributed by atoms with Crippen LogP contribution in [0.3, 0.4) is 0 Å². The topological polar surface area (TPSA) is 75.8 Å². The van der Waals surface area contributed by atoms with Crippen molar-refractivity contribution in [1.29, 1.82) is 0 Å². The summed E-state index contributed by atoms with van der Waals surface area (Å²) >= 11 is 0. The zero-order valence-electron chi connectivity index (χ0n) is 10.7. The van der Waals surface area contributed by atoms with Gasteiger partial charge in [0.2, 0.25) is 5.82 Å². The molecule has 104 valence electrons. The van der Waals surface area contributed by atoms with Gasteiger partial charge < -0.3 is 14.7 Å². The number of methoxy groups -OCH3 is 1. The molecule has 19 heavy (non-hydrogen) atoms. The van der Waals surface area contributed by atoms with Crippen LogP contribution >= 0.6 is 0 Å². The van der Waals surface area contributed by atoms with Crippen molar-refractivity contribution in [2.75, 3.05) is 25.1 Å². The van der Waals surface area contributed by atoms with Crippen molar-refractivity contribution in [2.24, 2.45) is 0 Å². The Morgan fingerprint density at radius 3 is 2.74 bits per heavy atom. The molecule has 1 aliphatic rings. The SMILES string of the molecule is COc1cc(F)c([N+](=O)[O-])c(N2CCC(C)(O)C2)c1. The average molecular weight is 270 g/mol. The van der Waals surface area contributed by atoms with Crippen LogP contribution in [0.1, 0.15) is 13.3 Å². The van der Waals surface area contributed by atoms with E-state index in [9.17, 15) is 19.6 Å². The molecule has 6 nitrogen and oxygen atoms in total. The Kier molecular flexibility index (Phi) is 3.32. The van der Waals surface area contributed by atoms with Crippen molar-refractivity contribution in [3.05, 3.63) is 28.1 Å². The van der Waals surface area contributed by atoms with Crippen LogP contribution in [0.4, 0.5) is 15.8 Å². The molecular formula is C12H15FN2O4. The molecule has 1 aliphatic heterocycles. The van der Waals surface area contributed by atoms with Gasteiger partial charge in [-0.3, -0.25) is 10.1 Å². The first kappa shape index (κ1) is 13.5. The second kappa shape index (κ2) is 4.65. The van der Waals surface area contributed by atoms with E-state index in [1.807, 2.05) is 0 Å². The molecule has 2 rings (SSSR count). The summed E-state index contributed by atoms with van der Waals surface area (Å²) in [5.41, 5.74) is -1.37. The summed E-state index contributed by atoms with van der Waals surface area (Å²) in [5, 5.41) is 20.9. The highest BCUT2D eigenvalue weighted by Crippen LogP contribution is 2.38. The molecule has 1 fully saturated rings. The van der Waals surface area contributed by atoms with Gasteiger partial charge in [-0.15, -0.1) is 0 Å². The third kappa shape index (κ3) is 2.60. The highest BCUT2D eigenvalue weighted by molar-refractivity contribution is 5.67. The second-order valence-electron chi connectivity index (χ2n) is 4.90. The Morgan fingerprint density at radius 1 is 1.58 bits per heavy atom. The minimum absolute atomic E-state index is 0.139. The molecule has 0 saturated carbocycles. The van der Waals surface area contributed by atoms with Crippen molar-refractivity contribution < 1.29 is 19.2 Å². The molecule has 1 N–H and O–H groups in total. The van der Waals surface area contributed by atoms with Crippen LogP contribution in [-0.2, 0) is 0 Å². The van der Waals surface area contributed by atoms with Crippen molar-refractivity contribution in [1.82, 2.24) is 0 Å². The van der Waals surface area contributed by atoms with Crippen LogP contribution in [0.15, 0.2) is 12.1 Å². The number of rotatable bonds is 3.